The van der Waals surface area contributed by atoms with Crippen molar-refractivity contribution in [2.45, 2.75) is 6.54 Å². The van der Waals surface area contributed by atoms with Crippen LogP contribution in [0.5, 0.6) is 0 Å². The van der Waals surface area contributed by atoms with E-state index in [0.717, 1.165) is 5.56 Å². The van der Waals surface area contributed by atoms with E-state index in [0.29, 0.717) is 43.4 Å². The van der Waals surface area contributed by atoms with Gasteiger partial charge in [0.1, 0.15) is 0 Å². The Morgan fingerprint density at radius 3 is 2.81 bits per heavy atom. The number of rotatable bonds is 3. The van der Waals surface area contributed by atoms with Crippen LogP contribution >= 0.6 is 11.6 Å². The second-order valence-corrected chi connectivity index (χ2v) is 5.33. The van der Waals surface area contributed by atoms with Gasteiger partial charge in [0.05, 0.1) is 31.5 Å². The monoisotopic (exact) mass is 305 g/mol. The molecule has 1 aromatic heterocycles. The van der Waals surface area contributed by atoms with Gasteiger partial charge < -0.3 is 9.64 Å². The number of carbonyl (C=O) groups is 1. The number of halogens is 1. The SMILES string of the molecule is O=C(c1cnn(Cc2ccccc2Cl)c1)N1CCOCC1. The number of carbonyl (C=O) groups excluding carboxylic acids is 1. The molecule has 1 amide bonds. The van der Waals surface area contributed by atoms with Crippen LogP contribution in [0.1, 0.15) is 15.9 Å². The molecule has 6 heteroatoms. The third-order valence-electron chi connectivity index (χ3n) is 3.47. The zero-order valence-corrected chi connectivity index (χ0v) is 12.3. The van der Waals surface area contributed by atoms with Gasteiger partial charge in [0.25, 0.3) is 5.91 Å². The molecule has 0 aliphatic carbocycles. The molecule has 3 rings (SSSR count). The topological polar surface area (TPSA) is 47.4 Å². The Hall–Kier alpha value is -1.85. The Labute approximate surface area is 128 Å². The van der Waals surface area contributed by atoms with Crippen LogP contribution in [-0.2, 0) is 11.3 Å². The Kier molecular flexibility index (Phi) is 4.22. The molecule has 2 heterocycles. The van der Waals surface area contributed by atoms with E-state index in [2.05, 4.69) is 5.10 Å². The van der Waals surface area contributed by atoms with Gasteiger partial charge in [-0.1, -0.05) is 29.8 Å². The van der Waals surface area contributed by atoms with Crippen LogP contribution in [0.15, 0.2) is 36.7 Å². The number of ether oxygens (including phenoxy) is 1. The minimum absolute atomic E-state index is 0.00343. The molecule has 0 N–H and O–H groups in total. The number of amides is 1. The van der Waals surface area contributed by atoms with Gasteiger partial charge in [-0.15, -0.1) is 0 Å². The molecule has 0 spiro atoms. The highest BCUT2D eigenvalue weighted by Gasteiger charge is 2.19. The van der Waals surface area contributed by atoms with Gasteiger partial charge in [-0.2, -0.15) is 5.10 Å². The van der Waals surface area contributed by atoms with E-state index < -0.39 is 0 Å². The number of nitrogens with zero attached hydrogens (tertiary/aromatic N) is 3. The first-order chi connectivity index (χ1) is 10.2. The highest BCUT2D eigenvalue weighted by molar-refractivity contribution is 6.31. The lowest BCUT2D eigenvalue weighted by Crippen LogP contribution is -2.40. The first-order valence-electron chi connectivity index (χ1n) is 6.87. The Bertz CT molecular complexity index is 635. The lowest BCUT2D eigenvalue weighted by atomic mass is 10.2. The van der Waals surface area contributed by atoms with E-state index in [1.54, 1.807) is 22.0 Å². The number of morpholine rings is 1. The van der Waals surface area contributed by atoms with Gasteiger partial charge in [0.2, 0.25) is 0 Å². The van der Waals surface area contributed by atoms with Gasteiger partial charge in [-0.3, -0.25) is 9.48 Å². The molecule has 5 nitrogen and oxygen atoms in total. The molecule has 1 aliphatic rings. The third kappa shape index (κ3) is 3.25. The third-order valence-corrected chi connectivity index (χ3v) is 3.84. The summed E-state index contributed by atoms with van der Waals surface area (Å²) in [6, 6.07) is 7.63. The summed E-state index contributed by atoms with van der Waals surface area (Å²) in [4.78, 5) is 14.1. The molecule has 0 atom stereocenters. The van der Waals surface area contributed by atoms with Gasteiger partial charge in [-0.05, 0) is 11.6 Å². The van der Waals surface area contributed by atoms with Gasteiger partial charge >= 0.3 is 0 Å². The minimum atomic E-state index is 0.00343. The number of aromatic nitrogens is 2. The molecule has 0 bridgehead atoms. The summed E-state index contributed by atoms with van der Waals surface area (Å²) in [5.74, 6) is 0.00343. The fourth-order valence-corrected chi connectivity index (χ4v) is 2.51. The summed E-state index contributed by atoms with van der Waals surface area (Å²) >= 11 is 6.14. The summed E-state index contributed by atoms with van der Waals surface area (Å²) < 4.78 is 6.98. The van der Waals surface area contributed by atoms with E-state index in [9.17, 15) is 4.79 Å². The predicted molar refractivity (Wildman–Crippen MR) is 79.5 cm³/mol. The van der Waals surface area contributed by atoms with E-state index in [1.165, 1.54) is 0 Å². The maximum Gasteiger partial charge on any atom is 0.257 e. The quantitative estimate of drug-likeness (QED) is 0.872. The first-order valence-corrected chi connectivity index (χ1v) is 7.25. The molecule has 0 unspecified atom stereocenters. The minimum Gasteiger partial charge on any atom is -0.378 e. The van der Waals surface area contributed by atoms with Crippen molar-refractivity contribution in [1.82, 2.24) is 14.7 Å². The van der Waals surface area contributed by atoms with Crippen LogP contribution in [0.2, 0.25) is 5.02 Å². The second kappa shape index (κ2) is 6.28. The largest absolute Gasteiger partial charge is 0.378 e. The van der Waals surface area contributed by atoms with Crippen LogP contribution in [0.4, 0.5) is 0 Å². The zero-order chi connectivity index (χ0) is 14.7. The molecule has 21 heavy (non-hydrogen) atoms. The van der Waals surface area contributed by atoms with Crippen molar-refractivity contribution in [2.75, 3.05) is 26.3 Å². The molecule has 2 aromatic rings. The first kappa shape index (κ1) is 14.1. The van der Waals surface area contributed by atoms with Crippen molar-refractivity contribution in [3.8, 4) is 0 Å². The Morgan fingerprint density at radius 1 is 1.29 bits per heavy atom. The normalized spacial score (nSPS) is 15.2. The molecule has 0 radical (unpaired) electrons. The van der Waals surface area contributed by atoms with Crippen LogP contribution in [0.3, 0.4) is 0 Å². The zero-order valence-electron chi connectivity index (χ0n) is 11.5. The average Bonchev–Trinajstić information content (AvgIpc) is 2.98. The van der Waals surface area contributed by atoms with E-state index in [4.69, 9.17) is 16.3 Å². The summed E-state index contributed by atoms with van der Waals surface area (Å²) in [5, 5.41) is 4.95. The van der Waals surface area contributed by atoms with E-state index >= 15 is 0 Å². The van der Waals surface area contributed by atoms with Crippen LogP contribution in [0.25, 0.3) is 0 Å². The van der Waals surface area contributed by atoms with E-state index in [1.807, 2.05) is 24.3 Å². The molecule has 1 aliphatic heterocycles. The van der Waals surface area contributed by atoms with Crippen molar-refractivity contribution < 1.29 is 9.53 Å². The maximum absolute atomic E-state index is 12.3. The molecule has 110 valence electrons. The molecular formula is C15H16ClN3O2. The van der Waals surface area contributed by atoms with Crippen molar-refractivity contribution in [1.29, 1.82) is 0 Å². The summed E-state index contributed by atoms with van der Waals surface area (Å²) in [6.07, 6.45) is 3.37. The van der Waals surface area contributed by atoms with Gasteiger partial charge in [0.15, 0.2) is 0 Å². The molecule has 1 fully saturated rings. The van der Waals surface area contributed by atoms with Crippen LogP contribution < -0.4 is 0 Å². The Morgan fingerprint density at radius 2 is 2.05 bits per heavy atom. The van der Waals surface area contributed by atoms with Crippen LogP contribution in [0, 0.1) is 0 Å². The van der Waals surface area contributed by atoms with Crippen molar-refractivity contribution in [3.63, 3.8) is 0 Å². The number of hydrogen-bond acceptors (Lipinski definition) is 3. The lowest BCUT2D eigenvalue weighted by molar-refractivity contribution is 0.0303. The van der Waals surface area contributed by atoms with Crippen molar-refractivity contribution >= 4 is 17.5 Å². The van der Waals surface area contributed by atoms with Gasteiger partial charge in [-0.25, -0.2) is 0 Å². The predicted octanol–water partition coefficient (Wildman–Crippen LogP) is 2.06. The average molecular weight is 306 g/mol. The highest BCUT2D eigenvalue weighted by Crippen LogP contribution is 2.16. The Balaban J connectivity index is 1.71. The van der Waals surface area contributed by atoms with Crippen molar-refractivity contribution in [3.05, 3.63) is 52.8 Å². The van der Waals surface area contributed by atoms with Crippen molar-refractivity contribution in [2.24, 2.45) is 0 Å². The smallest absolute Gasteiger partial charge is 0.257 e. The van der Waals surface area contributed by atoms with E-state index in [-0.39, 0.29) is 5.91 Å². The maximum atomic E-state index is 12.3. The fourth-order valence-electron chi connectivity index (χ4n) is 2.31. The number of benzene rings is 1. The molecule has 0 saturated carbocycles. The second-order valence-electron chi connectivity index (χ2n) is 4.92. The summed E-state index contributed by atoms with van der Waals surface area (Å²) in [7, 11) is 0. The fraction of sp³-hybridized carbons (Fsp3) is 0.333. The lowest BCUT2D eigenvalue weighted by Gasteiger charge is -2.26. The molecule has 1 saturated heterocycles. The molecule has 1 aromatic carbocycles. The van der Waals surface area contributed by atoms with Crippen LogP contribution in [-0.4, -0.2) is 46.9 Å². The highest BCUT2D eigenvalue weighted by atomic mass is 35.5. The van der Waals surface area contributed by atoms with Gasteiger partial charge in [0, 0.05) is 24.3 Å². The molecular weight excluding hydrogens is 290 g/mol. The summed E-state index contributed by atoms with van der Waals surface area (Å²) in [5.41, 5.74) is 1.58. The standard InChI is InChI=1S/C15H16ClN3O2/c16-14-4-2-1-3-12(14)10-19-11-13(9-17-19)15(20)18-5-7-21-8-6-18/h1-4,9,11H,5-8,10H2. The number of hydrogen-bond donors (Lipinski definition) is 0. The summed E-state index contributed by atoms with van der Waals surface area (Å²) in [6.45, 7) is 3.01.